The summed E-state index contributed by atoms with van der Waals surface area (Å²) < 4.78 is 22.2. The SMILES string of the molecule is C=CCNCC(=O)NC1CCS(=O)(=O)C1. The highest BCUT2D eigenvalue weighted by atomic mass is 32.2. The van der Waals surface area contributed by atoms with Gasteiger partial charge in [0.25, 0.3) is 0 Å². The molecule has 1 atom stereocenters. The maximum atomic E-state index is 11.3. The molecule has 0 aromatic heterocycles. The normalized spacial score (nSPS) is 23.6. The summed E-state index contributed by atoms with van der Waals surface area (Å²) >= 11 is 0. The molecule has 0 spiro atoms. The van der Waals surface area contributed by atoms with Crippen LogP contribution in [0.25, 0.3) is 0 Å². The van der Waals surface area contributed by atoms with E-state index in [1.165, 1.54) is 0 Å². The van der Waals surface area contributed by atoms with Crippen molar-refractivity contribution in [3.05, 3.63) is 12.7 Å². The van der Waals surface area contributed by atoms with Crippen molar-refractivity contribution in [2.24, 2.45) is 0 Å². The Bertz CT molecular complexity index is 337. The van der Waals surface area contributed by atoms with Crippen LogP contribution in [-0.4, -0.2) is 45.0 Å². The van der Waals surface area contributed by atoms with Gasteiger partial charge in [0.1, 0.15) is 0 Å². The van der Waals surface area contributed by atoms with Crippen LogP contribution in [0.3, 0.4) is 0 Å². The predicted molar refractivity (Wildman–Crippen MR) is 58.3 cm³/mol. The highest BCUT2D eigenvalue weighted by Crippen LogP contribution is 2.10. The monoisotopic (exact) mass is 232 g/mol. The third-order valence-corrected chi connectivity index (χ3v) is 3.94. The van der Waals surface area contributed by atoms with E-state index in [1.54, 1.807) is 6.08 Å². The Labute approximate surface area is 89.8 Å². The van der Waals surface area contributed by atoms with E-state index in [9.17, 15) is 13.2 Å². The second-order valence-corrected chi connectivity index (χ2v) is 5.82. The minimum Gasteiger partial charge on any atom is -0.351 e. The van der Waals surface area contributed by atoms with Gasteiger partial charge in [-0.15, -0.1) is 6.58 Å². The molecule has 1 fully saturated rings. The lowest BCUT2D eigenvalue weighted by Gasteiger charge is -2.10. The Morgan fingerprint density at radius 1 is 1.53 bits per heavy atom. The molecule has 0 aromatic rings. The van der Waals surface area contributed by atoms with Crippen molar-refractivity contribution in [2.75, 3.05) is 24.6 Å². The van der Waals surface area contributed by atoms with Gasteiger partial charge in [-0.2, -0.15) is 0 Å². The Kier molecular flexibility index (Phi) is 4.28. The maximum absolute atomic E-state index is 11.3. The summed E-state index contributed by atoms with van der Waals surface area (Å²) in [6.07, 6.45) is 2.18. The number of rotatable bonds is 5. The smallest absolute Gasteiger partial charge is 0.234 e. The number of carbonyl (C=O) groups excluding carboxylic acids is 1. The van der Waals surface area contributed by atoms with E-state index >= 15 is 0 Å². The van der Waals surface area contributed by atoms with Crippen molar-refractivity contribution in [3.8, 4) is 0 Å². The van der Waals surface area contributed by atoms with Gasteiger partial charge >= 0.3 is 0 Å². The number of amides is 1. The molecule has 1 rings (SSSR count). The first kappa shape index (κ1) is 12.2. The van der Waals surface area contributed by atoms with Gasteiger partial charge in [0.05, 0.1) is 18.1 Å². The van der Waals surface area contributed by atoms with Gasteiger partial charge in [-0.3, -0.25) is 4.79 Å². The molecule has 0 aliphatic carbocycles. The third-order valence-electron chi connectivity index (χ3n) is 2.17. The molecular weight excluding hydrogens is 216 g/mol. The first-order chi connectivity index (χ1) is 7.03. The lowest BCUT2D eigenvalue weighted by molar-refractivity contribution is -0.120. The fourth-order valence-corrected chi connectivity index (χ4v) is 3.15. The Hall–Kier alpha value is -0.880. The van der Waals surface area contributed by atoms with Gasteiger partial charge in [-0.1, -0.05) is 6.08 Å². The molecule has 0 bridgehead atoms. The van der Waals surface area contributed by atoms with E-state index in [2.05, 4.69) is 17.2 Å². The van der Waals surface area contributed by atoms with E-state index in [1.807, 2.05) is 0 Å². The molecule has 6 heteroatoms. The fraction of sp³-hybridized carbons (Fsp3) is 0.667. The average molecular weight is 232 g/mol. The molecule has 1 amide bonds. The summed E-state index contributed by atoms with van der Waals surface area (Å²) in [6.45, 7) is 4.27. The maximum Gasteiger partial charge on any atom is 0.234 e. The first-order valence-electron chi connectivity index (χ1n) is 4.85. The quantitative estimate of drug-likeness (QED) is 0.474. The number of sulfone groups is 1. The van der Waals surface area contributed by atoms with Gasteiger partial charge in [-0.05, 0) is 6.42 Å². The largest absolute Gasteiger partial charge is 0.351 e. The van der Waals surface area contributed by atoms with Gasteiger partial charge in [0, 0.05) is 12.6 Å². The highest BCUT2D eigenvalue weighted by molar-refractivity contribution is 7.91. The lowest BCUT2D eigenvalue weighted by atomic mass is 10.2. The van der Waals surface area contributed by atoms with Crippen molar-refractivity contribution in [3.63, 3.8) is 0 Å². The van der Waals surface area contributed by atoms with Crippen LogP contribution in [0.1, 0.15) is 6.42 Å². The van der Waals surface area contributed by atoms with Crippen molar-refractivity contribution in [2.45, 2.75) is 12.5 Å². The van der Waals surface area contributed by atoms with E-state index in [4.69, 9.17) is 0 Å². The summed E-state index contributed by atoms with van der Waals surface area (Å²) in [7, 11) is -2.92. The molecule has 5 nitrogen and oxygen atoms in total. The third kappa shape index (κ3) is 4.44. The standard InChI is InChI=1S/C9H16N2O3S/c1-2-4-10-6-9(12)11-8-3-5-15(13,14)7-8/h2,8,10H,1,3-7H2,(H,11,12). The van der Waals surface area contributed by atoms with Crippen molar-refractivity contribution in [1.29, 1.82) is 0 Å². The van der Waals surface area contributed by atoms with Crippen molar-refractivity contribution >= 4 is 15.7 Å². The van der Waals surface area contributed by atoms with Crippen LogP contribution in [0.4, 0.5) is 0 Å². The molecule has 1 unspecified atom stereocenters. The molecule has 1 heterocycles. The average Bonchev–Trinajstić information content (AvgIpc) is 2.46. The predicted octanol–water partition coefficient (Wildman–Crippen LogP) is -0.935. The van der Waals surface area contributed by atoms with Crippen LogP contribution in [0, 0.1) is 0 Å². The van der Waals surface area contributed by atoms with Crippen LogP contribution in [0.5, 0.6) is 0 Å². The number of hydrogen-bond donors (Lipinski definition) is 2. The summed E-state index contributed by atoms with van der Waals surface area (Å²) in [4.78, 5) is 11.3. The molecule has 86 valence electrons. The van der Waals surface area contributed by atoms with E-state index < -0.39 is 9.84 Å². The summed E-state index contributed by atoms with van der Waals surface area (Å²) in [5.41, 5.74) is 0. The molecule has 0 radical (unpaired) electrons. The van der Waals surface area contributed by atoms with Crippen LogP contribution in [0.15, 0.2) is 12.7 Å². The van der Waals surface area contributed by atoms with Crippen molar-refractivity contribution in [1.82, 2.24) is 10.6 Å². The van der Waals surface area contributed by atoms with Crippen LogP contribution < -0.4 is 10.6 Å². The molecule has 1 aliphatic heterocycles. The molecule has 0 saturated carbocycles. The van der Waals surface area contributed by atoms with Gasteiger partial charge in [0.15, 0.2) is 9.84 Å². The van der Waals surface area contributed by atoms with Gasteiger partial charge in [0.2, 0.25) is 5.91 Å². The molecule has 0 aromatic carbocycles. The molecule has 2 N–H and O–H groups in total. The minimum absolute atomic E-state index is 0.0696. The van der Waals surface area contributed by atoms with E-state index in [0.29, 0.717) is 13.0 Å². The second kappa shape index (κ2) is 5.27. The zero-order valence-electron chi connectivity index (χ0n) is 8.53. The highest BCUT2D eigenvalue weighted by Gasteiger charge is 2.28. The number of carbonyl (C=O) groups is 1. The number of hydrogen-bond acceptors (Lipinski definition) is 4. The van der Waals surface area contributed by atoms with Crippen LogP contribution in [-0.2, 0) is 14.6 Å². The van der Waals surface area contributed by atoms with E-state index in [-0.39, 0.29) is 30.0 Å². The molecule has 1 aliphatic rings. The van der Waals surface area contributed by atoms with E-state index in [0.717, 1.165) is 0 Å². The Morgan fingerprint density at radius 2 is 2.27 bits per heavy atom. The summed E-state index contributed by atoms with van der Waals surface area (Å²) in [5.74, 6) is 0.0806. The Balaban J connectivity index is 2.24. The van der Waals surface area contributed by atoms with Crippen LogP contribution in [0.2, 0.25) is 0 Å². The minimum atomic E-state index is -2.92. The number of nitrogens with one attached hydrogen (secondary N) is 2. The van der Waals surface area contributed by atoms with Gasteiger partial charge in [-0.25, -0.2) is 8.42 Å². The lowest BCUT2D eigenvalue weighted by Crippen LogP contribution is -2.41. The zero-order chi connectivity index (χ0) is 11.3. The first-order valence-corrected chi connectivity index (χ1v) is 6.67. The summed E-state index contributed by atoms with van der Waals surface area (Å²) in [6, 6.07) is -0.215. The molecule has 15 heavy (non-hydrogen) atoms. The summed E-state index contributed by atoms with van der Waals surface area (Å²) in [5, 5.41) is 5.53. The molecule has 1 saturated heterocycles. The van der Waals surface area contributed by atoms with Gasteiger partial charge < -0.3 is 10.6 Å². The fourth-order valence-electron chi connectivity index (χ4n) is 1.48. The Morgan fingerprint density at radius 3 is 2.80 bits per heavy atom. The second-order valence-electron chi connectivity index (χ2n) is 3.59. The zero-order valence-corrected chi connectivity index (χ0v) is 9.35. The molecular formula is C9H16N2O3S. The van der Waals surface area contributed by atoms with Crippen molar-refractivity contribution < 1.29 is 13.2 Å². The van der Waals surface area contributed by atoms with Crippen LogP contribution >= 0.6 is 0 Å². The topological polar surface area (TPSA) is 75.3 Å².